The van der Waals surface area contributed by atoms with E-state index < -0.39 is 0 Å². The van der Waals surface area contributed by atoms with Crippen LogP contribution in [-0.4, -0.2) is 19.6 Å². The van der Waals surface area contributed by atoms with Crippen LogP contribution in [0.1, 0.15) is 33.1 Å². The average molecular weight is 169 g/mol. The van der Waals surface area contributed by atoms with E-state index in [-0.39, 0.29) is 0 Å². The molecule has 3 heteroatoms. The molecule has 0 aromatic heterocycles. The van der Waals surface area contributed by atoms with Crippen LogP contribution in [0.5, 0.6) is 0 Å². The highest BCUT2D eigenvalue weighted by atomic mass is 15.3. The lowest BCUT2D eigenvalue weighted by molar-refractivity contribution is 0.525. The number of nitrogens with zero attached hydrogens (tertiary/aromatic N) is 2. The smallest absolute Gasteiger partial charge is 0.116 e. The van der Waals surface area contributed by atoms with E-state index in [4.69, 9.17) is 0 Å². The van der Waals surface area contributed by atoms with Crippen molar-refractivity contribution in [3.63, 3.8) is 0 Å². The van der Waals surface area contributed by atoms with Crippen molar-refractivity contribution in [2.75, 3.05) is 7.05 Å². The van der Waals surface area contributed by atoms with Crippen LogP contribution in [0.2, 0.25) is 0 Å². The van der Waals surface area contributed by atoms with Gasteiger partial charge in [0.1, 0.15) is 5.84 Å². The fourth-order valence-corrected chi connectivity index (χ4v) is 0.896. The number of hydrazone groups is 1. The molecule has 12 heavy (non-hydrogen) atoms. The van der Waals surface area contributed by atoms with E-state index in [1.54, 1.807) is 7.05 Å². The minimum atomic E-state index is 0.758. The lowest BCUT2D eigenvalue weighted by Gasteiger charge is -2.08. The molecule has 70 valence electrons. The molecular weight excluding hydrogens is 150 g/mol. The van der Waals surface area contributed by atoms with Gasteiger partial charge in [0.05, 0.1) is 0 Å². The SMILES string of the molecule is C=NNC(CCC(C)CC)=NC. The largest absolute Gasteiger partial charge is 0.274 e. The third-order valence-electron chi connectivity index (χ3n) is 2.05. The Hall–Kier alpha value is -0.860. The molecule has 0 aliphatic rings. The molecule has 0 amide bonds. The first-order valence-corrected chi connectivity index (χ1v) is 4.42. The monoisotopic (exact) mass is 169 g/mol. The Morgan fingerprint density at radius 1 is 1.58 bits per heavy atom. The standard InChI is InChI=1S/C9H19N3/c1-5-8(2)6-7-9(10-3)12-11-4/h8H,4-7H2,1-3H3,(H,10,12). The van der Waals surface area contributed by atoms with Crippen LogP contribution in [-0.2, 0) is 0 Å². The Labute approximate surface area is 75.0 Å². The van der Waals surface area contributed by atoms with Crippen molar-refractivity contribution in [2.24, 2.45) is 16.0 Å². The van der Waals surface area contributed by atoms with Gasteiger partial charge in [0, 0.05) is 20.2 Å². The maximum Gasteiger partial charge on any atom is 0.116 e. The van der Waals surface area contributed by atoms with Crippen LogP contribution < -0.4 is 5.43 Å². The molecule has 0 saturated carbocycles. The molecule has 0 aliphatic carbocycles. The summed E-state index contributed by atoms with van der Waals surface area (Å²) in [6, 6.07) is 0. The number of hydrogen-bond acceptors (Lipinski definition) is 2. The van der Waals surface area contributed by atoms with E-state index in [1.165, 1.54) is 6.42 Å². The molecule has 1 unspecified atom stereocenters. The van der Waals surface area contributed by atoms with Crippen LogP contribution in [0, 0.1) is 5.92 Å². The summed E-state index contributed by atoms with van der Waals surface area (Å²) in [7, 11) is 1.77. The van der Waals surface area contributed by atoms with E-state index in [1.807, 2.05) is 0 Å². The highest BCUT2D eigenvalue weighted by Gasteiger charge is 2.01. The average Bonchev–Trinajstić information content (AvgIpc) is 2.11. The summed E-state index contributed by atoms with van der Waals surface area (Å²) in [6.07, 6.45) is 3.34. The van der Waals surface area contributed by atoms with Gasteiger partial charge in [-0.25, -0.2) is 0 Å². The topological polar surface area (TPSA) is 36.8 Å². The Kier molecular flexibility index (Phi) is 6.34. The molecule has 0 aliphatic heterocycles. The minimum absolute atomic E-state index is 0.758. The molecule has 0 bridgehead atoms. The van der Waals surface area contributed by atoms with Crippen molar-refractivity contribution in [1.82, 2.24) is 5.43 Å². The molecule has 0 rings (SSSR count). The van der Waals surface area contributed by atoms with Gasteiger partial charge >= 0.3 is 0 Å². The van der Waals surface area contributed by atoms with Crippen molar-refractivity contribution in [1.29, 1.82) is 0 Å². The molecule has 1 N–H and O–H groups in total. The maximum atomic E-state index is 4.06. The van der Waals surface area contributed by atoms with Crippen LogP contribution >= 0.6 is 0 Å². The number of hydrogen-bond donors (Lipinski definition) is 1. The Morgan fingerprint density at radius 2 is 2.25 bits per heavy atom. The second-order valence-electron chi connectivity index (χ2n) is 2.99. The molecule has 1 atom stereocenters. The molecule has 0 saturated heterocycles. The third kappa shape index (κ3) is 4.88. The molecule has 0 radical (unpaired) electrons. The summed E-state index contributed by atoms with van der Waals surface area (Å²) < 4.78 is 0. The second kappa shape index (κ2) is 6.83. The molecule has 3 nitrogen and oxygen atoms in total. The van der Waals surface area contributed by atoms with Crippen molar-refractivity contribution in [3.05, 3.63) is 0 Å². The first kappa shape index (κ1) is 11.1. The first-order chi connectivity index (χ1) is 5.74. The number of nitrogens with one attached hydrogen (secondary N) is 1. The van der Waals surface area contributed by atoms with E-state index in [9.17, 15) is 0 Å². The summed E-state index contributed by atoms with van der Waals surface area (Å²) in [6.45, 7) is 7.80. The zero-order valence-corrected chi connectivity index (χ0v) is 8.30. The van der Waals surface area contributed by atoms with Gasteiger partial charge in [0.25, 0.3) is 0 Å². The molecule has 0 fully saturated rings. The van der Waals surface area contributed by atoms with Gasteiger partial charge in [-0.15, -0.1) is 0 Å². The lowest BCUT2D eigenvalue weighted by atomic mass is 10.0. The van der Waals surface area contributed by atoms with Gasteiger partial charge in [-0.2, -0.15) is 5.10 Å². The molecule has 0 aromatic rings. The number of amidine groups is 1. The molecule has 0 aromatic carbocycles. The van der Waals surface area contributed by atoms with Gasteiger partial charge < -0.3 is 0 Å². The van der Waals surface area contributed by atoms with E-state index in [2.05, 4.69) is 36.1 Å². The maximum absolute atomic E-state index is 4.06. The summed E-state index contributed by atoms with van der Waals surface area (Å²) in [4.78, 5) is 4.06. The quantitative estimate of drug-likeness (QED) is 0.381. The van der Waals surface area contributed by atoms with Crippen molar-refractivity contribution < 1.29 is 0 Å². The molecule has 0 spiro atoms. The van der Waals surface area contributed by atoms with Crippen LogP contribution in [0.15, 0.2) is 10.1 Å². The van der Waals surface area contributed by atoms with Crippen molar-refractivity contribution in [2.45, 2.75) is 33.1 Å². The molecular formula is C9H19N3. The fraction of sp³-hybridized carbons (Fsp3) is 0.778. The van der Waals surface area contributed by atoms with Crippen LogP contribution in [0.4, 0.5) is 0 Å². The zero-order chi connectivity index (χ0) is 9.40. The Balaban J connectivity index is 3.65. The van der Waals surface area contributed by atoms with Crippen molar-refractivity contribution in [3.8, 4) is 0 Å². The van der Waals surface area contributed by atoms with Gasteiger partial charge in [-0.05, 0) is 12.3 Å². The zero-order valence-electron chi connectivity index (χ0n) is 8.30. The van der Waals surface area contributed by atoms with Gasteiger partial charge in [0.2, 0.25) is 0 Å². The summed E-state index contributed by atoms with van der Waals surface area (Å²) in [5.74, 6) is 1.68. The normalized spacial score (nSPS) is 14.1. The van der Waals surface area contributed by atoms with Crippen molar-refractivity contribution >= 4 is 12.6 Å². The minimum Gasteiger partial charge on any atom is -0.274 e. The highest BCUT2D eigenvalue weighted by molar-refractivity contribution is 5.81. The Morgan fingerprint density at radius 3 is 2.67 bits per heavy atom. The predicted molar refractivity (Wildman–Crippen MR) is 54.7 cm³/mol. The second-order valence-corrected chi connectivity index (χ2v) is 2.99. The van der Waals surface area contributed by atoms with E-state index in [0.717, 1.165) is 24.6 Å². The van der Waals surface area contributed by atoms with Gasteiger partial charge in [-0.3, -0.25) is 10.4 Å². The van der Waals surface area contributed by atoms with E-state index in [0.29, 0.717) is 0 Å². The Bertz CT molecular complexity index is 152. The lowest BCUT2D eigenvalue weighted by Crippen LogP contribution is -2.17. The summed E-state index contributed by atoms with van der Waals surface area (Å²) in [5.41, 5.74) is 2.78. The van der Waals surface area contributed by atoms with Crippen LogP contribution in [0.25, 0.3) is 0 Å². The highest BCUT2D eigenvalue weighted by Crippen LogP contribution is 2.09. The summed E-state index contributed by atoms with van der Waals surface area (Å²) in [5, 5.41) is 3.58. The fourth-order valence-electron chi connectivity index (χ4n) is 0.896. The third-order valence-corrected chi connectivity index (χ3v) is 2.05. The van der Waals surface area contributed by atoms with Gasteiger partial charge in [0.15, 0.2) is 0 Å². The van der Waals surface area contributed by atoms with Gasteiger partial charge in [-0.1, -0.05) is 20.3 Å². The summed E-state index contributed by atoms with van der Waals surface area (Å²) >= 11 is 0. The van der Waals surface area contributed by atoms with Crippen LogP contribution in [0.3, 0.4) is 0 Å². The number of aliphatic imine (C=N–C) groups is 1. The van der Waals surface area contributed by atoms with E-state index >= 15 is 0 Å². The first-order valence-electron chi connectivity index (χ1n) is 4.42. The predicted octanol–water partition coefficient (Wildman–Crippen LogP) is 2.05. The molecule has 0 heterocycles. The number of rotatable bonds is 5.